The molecule has 0 bridgehead atoms. The molecule has 0 atom stereocenters. The van der Waals surface area contributed by atoms with E-state index >= 15 is 0 Å². The summed E-state index contributed by atoms with van der Waals surface area (Å²) in [6, 6.07) is 12.4. The second kappa shape index (κ2) is 12.0. The van der Waals surface area contributed by atoms with Gasteiger partial charge in [0.2, 0.25) is 5.91 Å². The summed E-state index contributed by atoms with van der Waals surface area (Å²) in [7, 11) is 0. The summed E-state index contributed by atoms with van der Waals surface area (Å²) in [5, 5.41) is 4.15. The summed E-state index contributed by atoms with van der Waals surface area (Å²) in [5.74, 6) is 0.423. The van der Waals surface area contributed by atoms with Crippen molar-refractivity contribution in [3.63, 3.8) is 0 Å². The first-order valence-electron chi connectivity index (χ1n) is 14.3. The van der Waals surface area contributed by atoms with Gasteiger partial charge in [0.25, 0.3) is 0 Å². The number of ether oxygens (including phenoxy) is 1. The fourth-order valence-corrected chi connectivity index (χ4v) is 6.27. The number of benzene rings is 2. The van der Waals surface area contributed by atoms with Crippen LogP contribution in [0.2, 0.25) is 0 Å². The fourth-order valence-electron chi connectivity index (χ4n) is 6.27. The van der Waals surface area contributed by atoms with Crippen molar-refractivity contribution in [1.29, 1.82) is 0 Å². The van der Waals surface area contributed by atoms with Crippen LogP contribution in [0, 0.1) is 5.92 Å². The predicted octanol–water partition coefficient (Wildman–Crippen LogP) is 7.11. The van der Waals surface area contributed by atoms with E-state index in [-0.39, 0.29) is 23.7 Å². The predicted molar refractivity (Wildman–Crippen MR) is 147 cm³/mol. The molecular weight excluding hydrogens is 503 g/mol. The van der Waals surface area contributed by atoms with Crippen LogP contribution in [0.25, 0.3) is 22.0 Å². The zero-order valence-electron chi connectivity index (χ0n) is 22.3. The standard InChI is InChI=1S/C31H38F3N3O2/c32-31(33,34)39-29-9-5-4-8-26(29)22-10-16-28-27(18-22)23(20-37(28)19-21-6-2-1-3-7-21)11-17-30(38)36-25-14-12-24(35)13-15-25/h4-5,8-10,16,18,20-21,24-25H,1-3,6-7,11-15,17,19,35H2,(H,36,38). The Hall–Kier alpha value is -3.00. The van der Waals surface area contributed by atoms with Crippen molar-refractivity contribution < 1.29 is 22.7 Å². The first-order chi connectivity index (χ1) is 18.7. The molecule has 2 fully saturated rings. The molecule has 210 valence electrons. The minimum absolute atomic E-state index is 0.0312. The summed E-state index contributed by atoms with van der Waals surface area (Å²) >= 11 is 0. The average molecular weight is 542 g/mol. The third-order valence-corrected chi connectivity index (χ3v) is 8.33. The van der Waals surface area contributed by atoms with Gasteiger partial charge in [0, 0.05) is 47.7 Å². The molecule has 0 radical (unpaired) electrons. The number of nitrogens with one attached hydrogen (secondary N) is 1. The monoisotopic (exact) mass is 541 g/mol. The molecule has 1 amide bonds. The Bertz CT molecular complexity index is 1270. The van der Waals surface area contributed by atoms with Crippen LogP contribution in [0.4, 0.5) is 13.2 Å². The smallest absolute Gasteiger partial charge is 0.405 e. The van der Waals surface area contributed by atoms with Crippen LogP contribution in [0.3, 0.4) is 0 Å². The van der Waals surface area contributed by atoms with Gasteiger partial charge in [-0.1, -0.05) is 43.5 Å². The molecular formula is C31H38F3N3O2. The van der Waals surface area contributed by atoms with Gasteiger partial charge in [-0.05, 0) is 80.2 Å². The van der Waals surface area contributed by atoms with Crippen molar-refractivity contribution in [2.45, 2.75) is 95.6 Å². The molecule has 2 saturated carbocycles. The fraction of sp³-hybridized carbons (Fsp3) is 0.516. The normalized spacial score (nSPS) is 20.7. The van der Waals surface area contributed by atoms with Crippen molar-refractivity contribution in [2.24, 2.45) is 11.7 Å². The minimum atomic E-state index is -4.77. The number of hydrogen-bond donors (Lipinski definition) is 2. The molecule has 0 saturated heterocycles. The minimum Gasteiger partial charge on any atom is -0.405 e. The Morgan fingerprint density at radius 1 is 1.00 bits per heavy atom. The zero-order valence-corrected chi connectivity index (χ0v) is 22.3. The molecule has 2 aliphatic carbocycles. The van der Waals surface area contributed by atoms with E-state index in [0.717, 1.165) is 48.7 Å². The van der Waals surface area contributed by atoms with Crippen LogP contribution in [0.1, 0.15) is 69.8 Å². The van der Waals surface area contributed by atoms with E-state index in [9.17, 15) is 18.0 Å². The Labute approximate surface area is 227 Å². The molecule has 8 heteroatoms. The molecule has 1 heterocycles. The van der Waals surface area contributed by atoms with Crippen molar-refractivity contribution in [2.75, 3.05) is 0 Å². The van der Waals surface area contributed by atoms with Crippen LogP contribution in [0.5, 0.6) is 5.75 Å². The Morgan fingerprint density at radius 2 is 1.74 bits per heavy atom. The molecule has 39 heavy (non-hydrogen) atoms. The van der Waals surface area contributed by atoms with E-state index in [0.29, 0.717) is 29.9 Å². The van der Waals surface area contributed by atoms with Gasteiger partial charge in [0.15, 0.2) is 0 Å². The highest BCUT2D eigenvalue weighted by molar-refractivity contribution is 5.90. The van der Waals surface area contributed by atoms with Crippen LogP contribution >= 0.6 is 0 Å². The highest BCUT2D eigenvalue weighted by Gasteiger charge is 2.32. The molecule has 0 aliphatic heterocycles. The van der Waals surface area contributed by atoms with Gasteiger partial charge in [0.1, 0.15) is 5.75 Å². The number of rotatable bonds is 8. The molecule has 0 unspecified atom stereocenters. The van der Waals surface area contributed by atoms with E-state index in [1.165, 1.54) is 44.2 Å². The number of nitrogens with two attached hydrogens (primary N) is 1. The van der Waals surface area contributed by atoms with Crippen LogP contribution in [-0.2, 0) is 17.8 Å². The van der Waals surface area contributed by atoms with Gasteiger partial charge in [-0.2, -0.15) is 0 Å². The number of alkyl halides is 3. The first kappa shape index (κ1) is 27.6. The van der Waals surface area contributed by atoms with E-state index in [2.05, 4.69) is 20.8 Å². The maximum atomic E-state index is 13.1. The molecule has 3 aromatic rings. The number of aromatic nitrogens is 1. The summed E-state index contributed by atoms with van der Waals surface area (Å²) in [5.41, 5.74) is 9.13. The summed E-state index contributed by atoms with van der Waals surface area (Å²) in [4.78, 5) is 12.8. The van der Waals surface area contributed by atoms with Gasteiger partial charge in [0.05, 0.1) is 0 Å². The lowest BCUT2D eigenvalue weighted by atomic mass is 9.89. The van der Waals surface area contributed by atoms with Crippen molar-refractivity contribution >= 4 is 16.8 Å². The molecule has 5 rings (SSSR count). The van der Waals surface area contributed by atoms with Crippen molar-refractivity contribution in [3.8, 4) is 16.9 Å². The molecule has 2 aliphatic rings. The zero-order chi connectivity index (χ0) is 27.4. The van der Waals surface area contributed by atoms with Gasteiger partial charge in [-0.3, -0.25) is 4.79 Å². The Balaban J connectivity index is 1.41. The number of carbonyl (C=O) groups excluding carboxylic acids is 1. The largest absolute Gasteiger partial charge is 0.573 e. The van der Waals surface area contributed by atoms with E-state index in [1.54, 1.807) is 12.1 Å². The van der Waals surface area contributed by atoms with E-state index in [4.69, 9.17) is 5.73 Å². The number of aryl methyl sites for hydroxylation is 1. The topological polar surface area (TPSA) is 69.3 Å². The highest BCUT2D eigenvalue weighted by Crippen LogP contribution is 2.37. The number of fused-ring (bicyclic) bond motifs is 1. The first-order valence-corrected chi connectivity index (χ1v) is 14.3. The van der Waals surface area contributed by atoms with Gasteiger partial charge in [-0.15, -0.1) is 13.2 Å². The van der Waals surface area contributed by atoms with Crippen LogP contribution in [0.15, 0.2) is 48.7 Å². The Kier molecular flexibility index (Phi) is 8.50. The lowest BCUT2D eigenvalue weighted by molar-refractivity contribution is -0.274. The number of hydrogen-bond acceptors (Lipinski definition) is 3. The number of para-hydroxylation sites is 1. The molecule has 1 aromatic heterocycles. The molecule has 0 spiro atoms. The second-order valence-electron chi connectivity index (χ2n) is 11.3. The number of amides is 1. The quantitative estimate of drug-likeness (QED) is 0.319. The number of carbonyl (C=O) groups is 1. The maximum Gasteiger partial charge on any atom is 0.573 e. The lowest BCUT2D eigenvalue weighted by Crippen LogP contribution is -2.40. The average Bonchev–Trinajstić information content (AvgIpc) is 3.25. The third-order valence-electron chi connectivity index (χ3n) is 8.33. The summed E-state index contributed by atoms with van der Waals surface area (Å²) in [6.07, 6.45) is 8.21. The van der Waals surface area contributed by atoms with E-state index in [1.807, 2.05) is 18.2 Å². The van der Waals surface area contributed by atoms with Gasteiger partial charge in [-0.25, -0.2) is 0 Å². The Morgan fingerprint density at radius 3 is 2.49 bits per heavy atom. The van der Waals surface area contributed by atoms with Gasteiger partial charge < -0.3 is 20.4 Å². The van der Waals surface area contributed by atoms with E-state index < -0.39 is 6.36 Å². The molecule has 5 nitrogen and oxygen atoms in total. The SMILES string of the molecule is NC1CCC(NC(=O)CCc2cn(CC3CCCCC3)c3ccc(-c4ccccc4OC(F)(F)F)cc23)CC1. The highest BCUT2D eigenvalue weighted by atomic mass is 19.4. The van der Waals surface area contributed by atoms with Crippen molar-refractivity contribution in [3.05, 3.63) is 54.2 Å². The third kappa shape index (κ3) is 7.15. The van der Waals surface area contributed by atoms with Crippen LogP contribution in [-0.4, -0.2) is 28.9 Å². The maximum absolute atomic E-state index is 13.1. The summed E-state index contributed by atoms with van der Waals surface area (Å²) in [6.45, 7) is 0.915. The van der Waals surface area contributed by atoms with Crippen LogP contribution < -0.4 is 15.8 Å². The molecule has 3 N–H and O–H groups in total. The van der Waals surface area contributed by atoms with Gasteiger partial charge >= 0.3 is 6.36 Å². The lowest BCUT2D eigenvalue weighted by Gasteiger charge is -2.26. The molecule has 2 aromatic carbocycles. The summed E-state index contributed by atoms with van der Waals surface area (Å²) < 4.78 is 45.8. The second-order valence-corrected chi connectivity index (χ2v) is 11.3. The van der Waals surface area contributed by atoms with Crippen molar-refractivity contribution in [1.82, 2.24) is 9.88 Å². The number of halogens is 3. The number of nitrogens with zero attached hydrogens (tertiary/aromatic N) is 1.